The summed E-state index contributed by atoms with van der Waals surface area (Å²) >= 11 is 11.3. The van der Waals surface area contributed by atoms with E-state index in [0.717, 1.165) is 6.42 Å². The molecule has 0 aliphatic rings. The summed E-state index contributed by atoms with van der Waals surface area (Å²) in [6.07, 6.45) is 2.67. The fourth-order valence-corrected chi connectivity index (χ4v) is 0.974. The van der Waals surface area contributed by atoms with Crippen molar-refractivity contribution in [2.24, 2.45) is 5.92 Å². The molecule has 2 atom stereocenters. The Hall–Kier alpha value is 0.320. The number of hydrogen-bond acceptors (Lipinski definition) is 0. The van der Waals surface area contributed by atoms with Gasteiger partial charge >= 0.3 is 0 Å². The molecule has 0 aromatic rings. The Balaban J connectivity index is 3.33. The molecular weight excluding hydrogens is 155 g/mol. The molecule has 54 valence electrons. The number of allylic oxidation sites excluding steroid dienone is 1. The quantitative estimate of drug-likeness (QED) is 0.446. The lowest BCUT2D eigenvalue weighted by Gasteiger charge is -2.07. The van der Waals surface area contributed by atoms with Gasteiger partial charge in [0.1, 0.15) is 0 Å². The molecule has 2 heteroatoms. The zero-order valence-corrected chi connectivity index (χ0v) is 7.12. The van der Waals surface area contributed by atoms with Gasteiger partial charge in [-0.25, -0.2) is 0 Å². The van der Waals surface area contributed by atoms with Crippen LogP contribution in [0.15, 0.2) is 12.7 Å². The second-order valence-electron chi connectivity index (χ2n) is 2.25. The lowest BCUT2D eigenvalue weighted by molar-refractivity contribution is 0.605. The van der Waals surface area contributed by atoms with E-state index in [9.17, 15) is 0 Å². The number of halogens is 2. The Morgan fingerprint density at radius 2 is 2.22 bits per heavy atom. The summed E-state index contributed by atoms with van der Waals surface area (Å²) in [6.45, 7) is 5.65. The molecule has 0 saturated carbocycles. The smallest absolute Gasteiger partial charge is 0.0516 e. The molecular formula is C7H12Cl2. The second kappa shape index (κ2) is 5.13. The molecule has 0 aromatic carbocycles. The fraction of sp³-hybridized carbons (Fsp3) is 0.714. The van der Waals surface area contributed by atoms with Crippen LogP contribution in [0.4, 0.5) is 0 Å². The monoisotopic (exact) mass is 166 g/mol. The Bertz CT molecular complexity index is 81.0. The van der Waals surface area contributed by atoms with Gasteiger partial charge in [0, 0.05) is 5.88 Å². The number of alkyl halides is 2. The van der Waals surface area contributed by atoms with Crippen molar-refractivity contribution in [2.75, 3.05) is 5.88 Å². The van der Waals surface area contributed by atoms with Crippen LogP contribution in [-0.4, -0.2) is 11.3 Å². The van der Waals surface area contributed by atoms with Gasteiger partial charge in [-0.2, -0.15) is 0 Å². The predicted octanol–water partition coefficient (Wildman–Crippen LogP) is 3.04. The van der Waals surface area contributed by atoms with Crippen LogP contribution in [-0.2, 0) is 0 Å². The first-order valence-electron chi connectivity index (χ1n) is 3.03. The van der Waals surface area contributed by atoms with Crippen LogP contribution >= 0.6 is 23.2 Å². The maximum atomic E-state index is 5.76. The van der Waals surface area contributed by atoms with E-state index in [4.69, 9.17) is 23.2 Å². The van der Waals surface area contributed by atoms with E-state index in [0.29, 0.717) is 11.8 Å². The van der Waals surface area contributed by atoms with Gasteiger partial charge in [0.05, 0.1) is 5.38 Å². The van der Waals surface area contributed by atoms with Gasteiger partial charge in [-0.05, 0) is 12.3 Å². The van der Waals surface area contributed by atoms with E-state index in [1.165, 1.54) is 0 Å². The molecule has 9 heavy (non-hydrogen) atoms. The van der Waals surface area contributed by atoms with E-state index >= 15 is 0 Å². The molecule has 0 rings (SSSR count). The van der Waals surface area contributed by atoms with Gasteiger partial charge in [0.15, 0.2) is 0 Å². The Labute approximate surface area is 66.8 Å². The molecule has 0 amide bonds. The first kappa shape index (κ1) is 9.32. The fourth-order valence-electron chi connectivity index (χ4n) is 0.544. The predicted molar refractivity (Wildman–Crippen MR) is 44.3 cm³/mol. The van der Waals surface area contributed by atoms with Crippen LogP contribution in [0.3, 0.4) is 0 Å². The van der Waals surface area contributed by atoms with Crippen molar-refractivity contribution in [1.82, 2.24) is 0 Å². The van der Waals surface area contributed by atoms with E-state index < -0.39 is 0 Å². The molecule has 2 unspecified atom stereocenters. The highest BCUT2D eigenvalue weighted by Crippen LogP contribution is 2.12. The molecule has 0 radical (unpaired) electrons. The molecule has 0 aliphatic heterocycles. The molecule has 0 aromatic heterocycles. The van der Waals surface area contributed by atoms with Crippen molar-refractivity contribution in [1.29, 1.82) is 0 Å². The number of hydrogen-bond donors (Lipinski definition) is 0. The van der Waals surface area contributed by atoms with Crippen molar-refractivity contribution in [3.8, 4) is 0 Å². The van der Waals surface area contributed by atoms with Gasteiger partial charge in [0.25, 0.3) is 0 Å². The topological polar surface area (TPSA) is 0 Å². The molecule has 0 fully saturated rings. The normalized spacial score (nSPS) is 16.8. The molecule has 0 N–H and O–H groups in total. The highest BCUT2D eigenvalue weighted by Gasteiger charge is 2.04. The molecule has 0 saturated heterocycles. The first-order chi connectivity index (χ1) is 4.20. The summed E-state index contributed by atoms with van der Waals surface area (Å²) in [4.78, 5) is 0. The van der Waals surface area contributed by atoms with E-state index in [2.05, 4.69) is 13.5 Å². The summed E-state index contributed by atoms with van der Waals surface area (Å²) in [6, 6.07) is 0. The average molecular weight is 167 g/mol. The Kier molecular flexibility index (Phi) is 5.31. The van der Waals surface area contributed by atoms with Gasteiger partial charge in [0.2, 0.25) is 0 Å². The summed E-state index contributed by atoms with van der Waals surface area (Å²) in [5.41, 5.74) is 0. The van der Waals surface area contributed by atoms with Crippen molar-refractivity contribution in [2.45, 2.75) is 18.7 Å². The zero-order valence-electron chi connectivity index (χ0n) is 5.61. The van der Waals surface area contributed by atoms with Crippen molar-refractivity contribution >= 4 is 23.2 Å². The van der Waals surface area contributed by atoms with Crippen molar-refractivity contribution < 1.29 is 0 Å². The molecule has 0 aliphatic carbocycles. The SMILES string of the molecule is C=CC(Cl)CC(C)CCl. The minimum Gasteiger partial charge on any atom is -0.126 e. The second-order valence-corrected chi connectivity index (χ2v) is 3.12. The van der Waals surface area contributed by atoms with Crippen LogP contribution in [0.5, 0.6) is 0 Å². The van der Waals surface area contributed by atoms with Crippen molar-refractivity contribution in [3.05, 3.63) is 12.7 Å². The maximum absolute atomic E-state index is 5.76. The minimum atomic E-state index is 0.0822. The zero-order chi connectivity index (χ0) is 7.28. The lowest BCUT2D eigenvalue weighted by Crippen LogP contribution is -2.03. The largest absolute Gasteiger partial charge is 0.126 e. The molecule has 0 nitrogen and oxygen atoms in total. The highest BCUT2D eigenvalue weighted by atomic mass is 35.5. The van der Waals surface area contributed by atoms with Crippen LogP contribution < -0.4 is 0 Å². The van der Waals surface area contributed by atoms with Gasteiger partial charge < -0.3 is 0 Å². The third-order valence-electron chi connectivity index (χ3n) is 1.15. The van der Waals surface area contributed by atoms with Crippen molar-refractivity contribution in [3.63, 3.8) is 0 Å². The van der Waals surface area contributed by atoms with Crippen LogP contribution in [0.2, 0.25) is 0 Å². The molecule has 0 heterocycles. The maximum Gasteiger partial charge on any atom is 0.0516 e. The van der Waals surface area contributed by atoms with Crippen LogP contribution in [0, 0.1) is 5.92 Å². The summed E-state index contributed by atoms with van der Waals surface area (Å²) < 4.78 is 0. The minimum absolute atomic E-state index is 0.0822. The van der Waals surface area contributed by atoms with E-state index in [-0.39, 0.29) is 5.38 Å². The first-order valence-corrected chi connectivity index (χ1v) is 4.00. The van der Waals surface area contributed by atoms with Crippen LogP contribution in [0.1, 0.15) is 13.3 Å². The summed E-state index contributed by atoms with van der Waals surface area (Å²) in [7, 11) is 0. The van der Waals surface area contributed by atoms with Crippen LogP contribution in [0.25, 0.3) is 0 Å². The number of rotatable bonds is 4. The van der Waals surface area contributed by atoms with Gasteiger partial charge in [-0.15, -0.1) is 29.8 Å². The van der Waals surface area contributed by atoms with E-state index in [1.807, 2.05) is 0 Å². The third kappa shape index (κ3) is 4.80. The molecule has 0 spiro atoms. The third-order valence-corrected chi connectivity index (χ3v) is 2.03. The Morgan fingerprint density at radius 1 is 1.67 bits per heavy atom. The summed E-state index contributed by atoms with van der Waals surface area (Å²) in [5.74, 6) is 1.17. The highest BCUT2D eigenvalue weighted by molar-refractivity contribution is 6.22. The van der Waals surface area contributed by atoms with E-state index in [1.54, 1.807) is 6.08 Å². The average Bonchev–Trinajstić information content (AvgIpc) is 1.87. The standard InChI is InChI=1S/C7H12Cl2/c1-3-7(9)4-6(2)5-8/h3,6-7H,1,4-5H2,2H3. The molecule has 0 bridgehead atoms. The Morgan fingerprint density at radius 3 is 2.56 bits per heavy atom. The van der Waals surface area contributed by atoms with Gasteiger partial charge in [-0.3, -0.25) is 0 Å². The lowest BCUT2D eigenvalue weighted by atomic mass is 10.1. The summed E-state index contributed by atoms with van der Waals surface area (Å²) in [5, 5.41) is 0.0822. The van der Waals surface area contributed by atoms with Gasteiger partial charge in [-0.1, -0.05) is 13.0 Å².